The molecular formula is C13H20F3N3O. The molecular weight excluding hydrogens is 271 g/mol. The molecule has 1 unspecified atom stereocenters. The third kappa shape index (κ3) is 3.96. The normalized spacial score (nSPS) is 22.2. The zero-order valence-electron chi connectivity index (χ0n) is 11.7. The maximum atomic E-state index is 12.6. The lowest BCUT2D eigenvalue weighted by Gasteiger charge is -2.35. The van der Waals surface area contributed by atoms with Gasteiger partial charge in [-0.15, -0.1) is 0 Å². The van der Waals surface area contributed by atoms with Crippen molar-refractivity contribution in [1.29, 1.82) is 0 Å². The lowest BCUT2D eigenvalue weighted by atomic mass is 9.96. The number of piperidine rings is 1. The number of aromatic nitrogens is 2. The number of nitrogens with one attached hydrogen (secondary N) is 1. The first-order valence-corrected chi connectivity index (χ1v) is 6.72. The zero-order valence-corrected chi connectivity index (χ0v) is 11.7. The topological polar surface area (TPSA) is 52.1 Å². The third-order valence-electron chi connectivity index (χ3n) is 3.40. The molecule has 1 saturated heterocycles. The summed E-state index contributed by atoms with van der Waals surface area (Å²) in [6.45, 7) is 5.44. The van der Waals surface area contributed by atoms with Gasteiger partial charge in [0, 0.05) is 19.0 Å². The third-order valence-corrected chi connectivity index (χ3v) is 3.40. The van der Waals surface area contributed by atoms with E-state index in [1.165, 1.54) is 0 Å². The number of halogens is 3. The fourth-order valence-corrected chi connectivity index (χ4v) is 2.66. The van der Waals surface area contributed by atoms with E-state index >= 15 is 0 Å². The highest BCUT2D eigenvalue weighted by molar-refractivity contribution is 5.09. The summed E-state index contributed by atoms with van der Waals surface area (Å²) in [5.41, 5.74) is -1.60. The predicted octanol–water partition coefficient (Wildman–Crippen LogP) is 2.38. The molecule has 1 aromatic heterocycles. The molecule has 114 valence electrons. The van der Waals surface area contributed by atoms with Crippen molar-refractivity contribution in [3.05, 3.63) is 17.7 Å². The number of β-amino-alcohol motifs (C(OH)–C–C–N with tert-alkyl or cyclic N) is 1. The Balaban J connectivity index is 2.04. The monoisotopic (exact) mass is 291 g/mol. The fourth-order valence-electron chi connectivity index (χ4n) is 2.66. The summed E-state index contributed by atoms with van der Waals surface area (Å²) in [6, 6.07) is 0. The van der Waals surface area contributed by atoms with Crippen LogP contribution in [0.3, 0.4) is 0 Å². The van der Waals surface area contributed by atoms with Gasteiger partial charge >= 0.3 is 6.18 Å². The smallest absolute Gasteiger partial charge is 0.389 e. The maximum absolute atomic E-state index is 12.6. The van der Waals surface area contributed by atoms with E-state index in [1.807, 2.05) is 0 Å². The molecule has 4 nitrogen and oxygen atoms in total. The van der Waals surface area contributed by atoms with E-state index in [0.29, 0.717) is 18.9 Å². The largest absolute Gasteiger partial charge is 0.432 e. The van der Waals surface area contributed by atoms with Crippen LogP contribution in [-0.4, -0.2) is 45.2 Å². The van der Waals surface area contributed by atoms with Gasteiger partial charge in [-0.05, 0) is 33.2 Å². The van der Waals surface area contributed by atoms with E-state index in [-0.39, 0.29) is 5.92 Å². The second-order valence-corrected chi connectivity index (χ2v) is 6.07. The van der Waals surface area contributed by atoms with Crippen molar-refractivity contribution in [3.8, 4) is 0 Å². The number of likely N-dealkylation sites (tertiary alicyclic amines) is 1. The molecule has 2 heterocycles. The molecule has 0 bridgehead atoms. The van der Waals surface area contributed by atoms with Crippen molar-refractivity contribution in [2.45, 2.75) is 44.4 Å². The van der Waals surface area contributed by atoms with Gasteiger partial charge in [0.05, 0.1) is 11.8 Å². The molecule has 2 N–H and O–H groups in total. The lowest BCUT2D eigenvalue weighted by Crippen LogP contribution is -2.43. The number of aliphatic hydroxyl groups is 1. The Morgan fingerprint density at radius 3 is 2.70 bits per heavy atom. The van der Waals surface area contributed by atoms with Crippen LogP contribution < -0.4 is 0 Å². The summed E-state index contributed by atoms with van der Waals surface area (Å²) in [5, 5.41) is 9.82. The molecule has 2 rings (SSSR count). The molecule has 1 fully saturated rings. The predicted molar refractivity (Wildman–Crippen MR) is 68.3 cm³/mol. The number of alkyl halides is 3. The summed E-state index contributed by atoms with van der Waals surface area (Å²) in [6.07, 6.45) is -1.83. The molecule has 0 radical (unpaired) electrons. The number of imidazole rings is 1. The number of rotatable bonds is 3. The van der Waals surface area contributed by atoms with Gasteiger partial charge < -0.3 is 10.1 Å². The second-order valence-electron chi connectivity index (χ2n) is 6.07. The highest BCUT2D eigenvalue weighted by Crippen LogP contribution is 2.31. The number of aromatic amines is 1. The zero-order chi connectivity index (χ0) is 15.0. The molecule has 0 aliphatic carbocycles. The van der Waals surface area contributed by atoms with Gasteiger partial charge in [0.15, 0.2) is 0 Å². The molecule has 1 aliphatic rings. The minimum absolute atomic E-state index is 0.0396. The van der Waals surface area contributed by atoms with Gasteiger partial charge in [-0.3, -0.25) is 4.90 Å². The molecule has 1 atom stereocenters. The number of hydrogen-bond acceptors (Lipinski definition) is 3. The standard InChI is InChI=1S/C13H20F3N3O/c1-12(2,20)8-19-5-3-4-9(7-19)11-17-6-10(18-11)13(14,15)16/h6,9,20H,3-5,7-8H2,1-2H3,(H,17,18). The summed E-state index contributed by atoms with van der Waals surface area (Å²) in [4.78, 5) is 8.33. The Morgan fingerprint density at radius 1 is 1.45 bits per heavy atom. The van der Waals surface area contributed by atoms with Crippen molar-refractivity contribution in [1.82, 2.24) is 14.9 Å². The molecule has 0 aromatic carbocycles. The van der Waals surface area contributed by atoms with E-state index in [2.05, 4.69) is 14.9 Å². The minimum Gasteiger partial charge on any atom is -0.389 e. The van der Waals surface area contributed by atoms with Crippen LogP contribution in [0.15, 0.2) is 6.20 Å². The Bertz CT molecular complexity index is 450. The first-order chi connectivity index (χ1) is 9.15. The van der Waals surface area contributed by atoms with Crippen molar-refractivity contribution in [2.75, 3.05) is 19.6 Å². The van der Waals surface area contributed by atoms with Crippen molar-refractivity contribution in [3.63, 3.8) is 0 Å². The van der Waals surface area contributed by atoms with E-state index in [4.69, 9.17) is 0 Å². The summed E-state index contributed by atoms with van der Waals surface area (Å²) >= 11 is 0. The van der Waals surface area contributed by atoms with Crippen LogP contribution in [0.4, 0.5) is 13.2 Å². The molecule has 1 aromatic rings. The van der Waals surface area contributed by atoms with E-state index in [0.717, 1.165) is 25.6 Å². The molecule has 1 aliphatic heterocycles. The Morgan fingerprint density at radius 2 is 2.15 bits per heavy atom. The minimum atomic E-state index is -4.38. The molecule has 7 heteroatoms. The molecule has 0 spiro atoms. The number of H-pyrrole nitrogens is 1. The highest BCUT2D eigenvalue weighted by atomic mass is 19.4. The quantitative estimate of drug-likeness (QED) is 0.899. The van der Waals surface area contributed by atoms with Gasteiger partial charge in [-0.25, -0.2) is 4.98 Å². The van der Waals surface area contributed by atoms with Gasteiger partial charge in [0.2, 0.25) is 0 Å². The van der Waals surface area contributed by atoms with E-state index in [9.17, 15) is 18.3 Å². The van der Waals surface area contributed by atoms with Crippen LogP contribution in [-0.2, 0) is 6.18 Å². The van der Waals surface area contributed by atoms with Crippen molar-refractivity contribution < 1.29 is 18.3 Å². The van der Waals surface area contributed by atoms with Gasteiger partial charge in [0.25, 0.3) is 0 Å². The summed E-state index contributed by atoms with van der Waals surface area (Å²) < 4.78 is 37.7. The first-order valence-electron chi connectivity index (χ1n) is 6.72. The van der Waals surface area contributed by atoms with Gasteiger partial charge in [0.1, 0.15) is 11.5 Å². The van der Waals surface area contributed by atoms with Gasteiger partial charge in [-0.2, -0.15) is 13.2 Å². The first kappa shape index (κ1) is 15.3. The van der Waals surface area contributed by atoms with Crippen LogP contribution >= 0.6 is 0 Å². The second kappa shape index (κ2) is 5.37. The van der Waals surface area contributed by atoms with Crippen molar-refractivity contribution >= 4 is 0 Å². The van der Waals surface area contributed by atoms with Crippen LogP contribution in [0, 0.1) is 0 Å². The fraction of sp³-hybridized carbons (Fsp3) is 0.769. The average molecular weight is 291 g/mol. The molecule has 0 saturated carbocycles. The maximum Gasteiger partial charge on any atom is 0.432 e. The SMILES string of the molecule is CC(C)(O)CN1CCCC(c2ncc(C(F)(F)F)[nH]2)C1. The summed E-state index contributed by atoms with van der Waals surface area (Å²) in [5.74, 6) is 0.347. The van der Waals surface area contributed by atoms with Crippen LogP contribution in [0.5, 0.6) is 0 Å². The van der Waals surface area contributed by atoms with Gasteiger partial charge in [-0.1, -0.05) is 0 Å². The molecule has 20 heavy (non-hydrogen) atoms. The Kier molecular flexibility index (Phi) is 4.11. The highest BCUT2D eigenvalue weighted by Gasteiger charge is 2.34. The Hall–Kier alpha value is -1.08. The lowest BCUT2D eigenvalue weighted by molar-refractivity contribution is -0.141. The summed E-state index contributed by atoms with van der Waals surface area (Å²) in [7, 11) is 0. The number of hydrogen-bond donors (Lipinski definition) is 2. The van der Waals surface area contributed by atoms with Crippen LogP contribution in [0.2, 0.25) is 0 Å². The van der Waals surface area contributed by atoms with Crippen LogP contribution in [0.25, 0.3) is 0 Å². The average Bonchev–Trinajstić information content (AvgIpc) is 2.75. The van der Waals surface area contributed by atoms with Crippen LogP contribution in [0.1, 0.15) is 44.1 Å². The van der Waals surface area contributed by atoms with Crippen molar-refractivity contribution in [2.24, 2.45) is 0 Å². The van der Waals surface area contributed by atoms with E-state index in [1.54, 1.807) is 13.8 Å². The number of nitrogens with zero attached hydrogens (tertiary/aromatic N) is 2. The molecule has 0 amide bonds. The van der Waals surface area contributed by atoms with E-state index < -0.39 is 17.5 Å². The Labute approximate surface area is 116 Å².